The molecule has 2 heterocycles. The highest BCUT2D eigenvalue weighted by Crippen LogP contribution is 2.26. The van der Waals surface area contributed by atoms with E-state index in [1.165, 1.54) is 11.3 Å². The average Bonchev–Trinajstić information content (AvgIpc) is 2.96. The van der Waals surface area contributed by atoms with Crippen molar-refractivity contribution in [1.82, 2.24) is 4.90 Å². The largest absolute Gasteiger partial charge is 0.324 e. The zero-order valence-electron chi connectivity index (χ0n) is 13.0. The fraction of sp³-hybridized carbons (Fsp3) is 0.294. The summed E-state index contributed by atoms with van der Waals surface area (Å²) < 4.78 is 0.575. The molecule has 2 aromatic rings. The van der Waals surface area contributed by atoms with Crippen molar-refractivity contribution >= 4 is 40.4 Å². The van der Waals surface area contributed by atoms with Crippen molar-refractivity contribution < 1.29 is 9.59 Å². The minimum absolute atomic E-state index is 0.0534. The van der Waals surface area contributed by atoms with Crippen LogP contribution < -0.4 is 4.90 Å². The Balaban J connectivity index is 1.78. The van der Waals surface area contributed by atoms with E-state index >= 15 is 0 Å². The second-order valence-corrected chi connectivity index (χ2v) is 7.44. The van der Waals surface area contributed by atoms with E-state index in [-0.39, 0.29) is 24.4 Å². The van der Waals surface area contributed by atoms with Crippen LogP contribution in [0.25, 0.3) is 0 Å². The number of aryl methyl sites for hydroxylation is 1. The SMILES string of the molecule is Cc1ccc(N2C[C@H](C)N(C(=O)c3ccc(Cl)s3)CC2=O)cc1. The van der Waals surface area contributed by atoms with Gasteiger partial charge in [-0.2, -0.15) is 0 Å². The summed E-state index contributed by atoms with van der Waals surface area (Å²) in [7, 11) is 0. The second-order valence-electron chi connectivity index (χ2n) is 5.73. The maximum absolute atomic E-state index is 12.6. The van der Waals surface area contributed by atoms with Gasteiger partial charge in [-0.1, -0.05) is 29.3 Å². The molecule has 1 aromatic heterocycles. The Labute approximate surface area is 144 Å². The van der Waals surface area contributed by atoms with Gasteiger partial charge >= 0.3 is 0 Å². The van der Waals surface area contributed by atoms with E-state index in [2.05, 4.69) is 0 Å². The third-order valence-electron chi connectivity index (χ3n) is 3.98. The fourth-order valence-electron chi connectivity index (χ4n) is 2.67. The van der Waals surface area contributed by atoms with Crippen LogP contribution in [0.1, 0.15) is 22.2 Å². The molecule has 0 bridgehead atoms. The first-order chi connectivity index (χ1) is 11.0. The molecule has 3 rings (SSSR count). The average molecular weight is 349 g/mol. The molecule has 0 radical (unpaired) electrons. The summed E-state index contributed by atoms with van der Waals surface area (Å²) in [5.74, 6) is -0.200. The molecular weight excluding hydrogens is 332 g/mol. The molecule has 23 heavy (non-hydrogen) atoms. The van der Waals surface area contributed by atoms with Gasteiger partial charge in [0.1, 0.15) is 6.54 Å². The Kier molecular flexibility index (Phi) is 4.41. The molecule has 1 atom stereocenters. The van der Waals surface area contributed by atoms with Crippen LogP contribution in [-0.2, 0) is 4.79 Å². The fourth-order valence-corrected chi connectivity index (χ4v) is 3.67. The molecule has 1 saturated heterocycles. The number of hydrogen-bond donors (Lipinski definition) is 0. The third-order valence-corrected chi connectivity index (χ3v) is 5.20. The molecule has 1 aliphatic heterocycles. The first-order valence-corrected chi connectivity index (χ1v) is 8.58. The van der Waals surface area contributed by atoms with Gasteiger partial charge in [-0.3, -0.25) is 9.59 Å². The first-order valence-electron chi connectivity index (χ1n) is 7.39. The Morgan fingerprint density at radius 3 is 2.52 bits per heavy atom. The lowest BCUT2D eigenvalue weighted by Crippen LogP contribution is -2.57. The standard InChI is InChI=1S/C17H17ClN2O2S/c1-11-3-5-13(6-4-11)20-9-12(2)19(10-16(20)21)17(22)14-7-8-15(18)23-14/h3-8,12H,9-10H2,1-2H3/t12-/m0/s1. The van der Waals surface area contributed by atoms with Crippen molar-refractivity contribution in [1.29, 1.82) is 0 Å². The first kappa shape index (κ1) is 16.0. The third kappa shape index (κ3) is 3.26. The van der Waals surface area contributed by atoms with E-state index in [1.54, 1.807) is 21.9 Å². The summed E-state index contributed by atoms with van der Waals surface area (Å²) in [4.78, 5) is 29.0. The molecule has 0 N–H and O–H groups in total. The lowest BCUT2D eigenvalue weighted by atomic mass is 10.1. The summed E-state index contributed by atoms with van der Waals surface area (Å²) in [5, 5.41) is 0. The summed E-state index contributed by atoms with van der Waals surface area (Å²) in [6, 6.07) is 11.2. The highest BCUT2D eigenvalue weighted by Gasteiger charge is 2.34. The van der Waals surface area contributed by atoms with Gasteiger partial charge in [-0.15, -0.1) is 11.3 Å². The lowest BCUT2D eigenvalue weighted by Gasteiger charge is -2.39. The number of amides is 2. The van der Waals surface area contributed by atoms with E-state index in [0.29, 0.717) is 15.8 Å². The van der Waals surface area contributed by atoms with Gasteiger partial charge in [0.2, 0.25) is 5.91 Å². The number of benzene rings is 1. The van der Waals surface area contributed by atoms with Crippen molar-refractivity contribution in [2.45, 2.75) is 19.9 Å². The number of anilines is 1. The minimum atomic E-state index is -0.133. The molecule has 2 amide bonds. The molecule has 6 heteroatoms. The number of piperazine rings is 1. The van der Waals surface area contributed by atoms with Crippen LogP contribution >= 0.6 is 22.9 Å². The maximum Gasteiger partial charge on any atom is 0.264 e. The maximum atomic E-state index is 12.6. The highest BCUT2D eigenvalue weighted by molar-refractivity contribution is 7.17. The summed E-state index contributed by atoms with van der Waals surface area (Å²) in [6.07, 6.45) is 0. The molecule has 0 saturated carbocycles. The summed E-state index contributed by atoms with van der Waals surface area (Å²) >= 11 is 7.14. The Morgan fingerprint density at radius 2 is 1.91 bits per heavy atom. The van der Waals surface area contributed by atoms with Gasteiger partial charge in [0.15, 0.2) is 0 Å². The van der Waals surface area contributed by atoms with E-state index in [4.69, 9.17) is 11.6 Å². The van der Waals surface area contributed by atoms with Crippen molar-refractivity contribution in [2.75, 3.05) is 18.0 Å². The van der Waals surface area contributed by atoms with Crippen LogP contribution in [-0.4, -0.2) is 35.8 Å². The van der Waals surface area contributed by atoms with Crippen LogP contribution in [0.3, 0.4) is 0 Å². The normalized spacial score (nSPS) is 18.4. The number of halogens is 1. The van der Waals surface area contributed by atoms with Gasteiger partial charge in [-0.05, 0) is 38.1 Å². The Bertz CT molecular complexity index is 741. The molecule has 0 unspecified atom stereocenters. The smallest absolute Gasteiger partial charge is 0.264 e. The summed E-state index contributed by atoms with van der Waals surface area (Å²) in [5.41, 5.74) is 2.02. The molecule has 0 aliphatic carbocycles. The van der Waals surface area contributed by atoms with E-state index in [9.17, 15) is 9.59 Å². The molecule has 1 fully saturated rings. The van der Waals surface area contributed by atoms with Crippen molar-refractivity contribution in [2.24, 2.45) is 0 Å². The molecule has 120 valence electrons. The predicted molar refractivity (Wildman–Crippen MR) is 93.4 cm³/mol. The van der Waals surface area contributed by atoms with Crippen LogP contribution in [0.2, 0.25) is 4.34 Å². The van der Waals surface area contributed by atoms with Gasteiger partial charge < -0.3 is 9.80 Å². The highest BCUT2D eigenvalue weighted by atomic mass is 35.5. The number of carbonyl (C=O) groups is 2. The van der Waals surface area contributed by atoms with E-state index in [1.807, 2.05) is 38.1 Å². The molecule has 1 aromatic carbocycles. The second kappa shape index (κ2) is 6.34. The number of hydrogen-bond acceptors (Lipinski definition) is 3. The van der Waals surface area contributed by atoms with Crippen molar-refractivity contribution in [3.05, 3.63) is 51.2 Å². The van der Waals surface area contributed by atoms with Crippen molar-refractivity contribution in [3.63, 3.8) is 0 Å². The lowest BCUT2D eigenvalue weighted by molar-refractivity contribution is -0.121. The van der Waals surface area contributed by atoms with Gasteiger partial charge in [0, 0.05) is 18.3 Å². The zero-order chi connectivity index (χ0) is 16.6. The number of nitrogens with zero attached hydrogens (tertiary/aromatic N) is 2. The molecule has 1 aliphatic rings. The molecule has 4 nitrogen and oxygen atoms in total. The monoisotopic (exact) mass is 348 g/mol. The topological polar surface area (TPSA) is 40.6 Å². The van der Waals surface area contributed by atoms with Gasteiger partial charge in [-0.25, -0.2) is 0 Å². The van der Waals surface area contributed by atoms with Crippen LogP contribution in [0.5, 0.6) is 0 Å². The number of rotatable bonds is 2. The predicted octanol–water partition coefficient (Wildman–Crippen LogP) is 3.59. The number of thiophene rings is 1. The van der Waals surface area contributed by atoms with Crippen LogP contribution in [0.15, 0.2) is 36.4 Å². The van der Waals surface area contributed by atoms with Crippen LogP contribution in [0, 0.1) is 6.92 Å². The van der Waals surface area contributed by atoms with E-state index in [0.717, 1.165) is 11.3 Å². The van der Waals surface area contributed by atoms with Gasteiger partial charge in [0.05, 0.1) is 9.21 Å². The van der Waals surface area contributed by atoms with Gasteiger partial charge in [0.25, 0.3) is 5.91 Å². The Hall–Kier alpha value is -1.85. The molecule has 0 spiro atoms. The zero-order valence-corrected chi connectivity index (χ0v) is 14.5. The molecular formula is C17H17ClN2O2S. The van der Waals surface area contributed by atoms with Crippen LogP contribution in [0.4, 0.5) is 5.69 Å². The quantitative estimate of drug-likeness (QED) is 0.832. The van der Waals surface area contributed by atoms with E-state index < -0.39 is 0 Å². The summed E-state index contributed by atoms with van der Waals surface area (Å²) in [6.45, 7) is 4.55. The Morgan fingerprint density at radius 1 is 1.22 bits per heavy atom. The van der Waals surface area contributed by atoms with Crippen molar-refractivity contribution in [3.8, 4) is 0 Å². The minimum Gasteiger partial charge on any atom is -0.324 e. The number of carbonyl (C=O) groups excluding carboxylic acids is 2.